The van der Waals surface area contributed by atoms with Gasteiger partial charge in [-0.15, -0.1) is 0 Å². The molecule has 0 saturated heterocycles. The lowest BCUT2D eigenvalue weighted by molar-refractivity contribution is -0.0527. The number of methoxy groups -OCH3 is 1. The molecular weight excluding hydrogens is 162 g/mol. The molecule has 0 atom stereocenters. The molecule has 0 aromatic rings. The third-order valence-corrected chi connectivity index (χ3v) is 2.70. The van der Waals surface area contributed by atoms with E-state index in [1.54, 1.807) is 7.11 Å². The number of hydrogen-bond donors (Lipinski definition) is 1. The van der Waals surface area contributed by atoms with Gasteiger partial charge >= 0.3 is 0 Å². The van der Waals surface area contributed by atoms with Crippen molar-refractivity contribution in [2.24, 2.45) is 0 Å². The summed E-state index contributed by atoms with van der Waals surface area (Å²) in [5.41, 5.74) is -0.0976. The summed E-state index contributed by atoms with van der Waals surface area (Å²) < 4.78 is 5.49. The van der Waals surface area contributed by atoms with Gasteiger partial charge in [0.1, 0.15) is 0 Å². The van der Waals surface area contributed by atoms with Crippen LogP contribution in [0.5, 0.6) is 0 Å². The summed E-state index contributed by atoms with van der Waals surface area (Å²) in [5, 5.41) is 3.56. The maximum absolute atomic E-state index is 5.49. The van der Waals surface area contributed by atoms with E-state index in [2.05, 4.69) is 53.8 Å². The second-order valence-corrected chi connectivity index (χ2v) is 5.71. The summed E-state index contributed by atoms with van der Waals surface area (Å²) in [6.07, 6.45) is 0. The van der Waals surface area contributed by atoms with Crippen LogP contribution in [0.1, 0.15) is 48.5 Å². The Hall–Kier alpha value is -0.0800. The molecule has 0 aromatic heterocycles. The first-order valence-corrected chi connectivity index (χ1v) is 4.86. The molecule has 2 nitrogen and oxygen atoms in total. The lowest BCUT2D eigenvalue weighted by Crippen LogP contribution is -2.62. The van der Waals surface area contributed by atoms with Crippen LogP contribution in [0.4, 0.5) is 0 Å². The smallest absolute Gasteiger partial charge is 0.0798 e. The highest BCUT2D eigenvalue weighted by atomic mass is 16.5. The van der Waals surface area contributed by atoms with E-state index in [-0.39, 0.29) is 16.7 Å². The highest BCUT2D eigenvalue weighted by molar-refractivity contribution is 4.98. The van der Waals surface area contributed by atoms with E-state index in [1.807, 2.05) is 0 Å². The van der Waals surface area contributed by atoms with E-state index >= 15 is 0 Å². The lowest BCUT2D eigenvalue weighted by atomic mass is 9.83. The van der Waals surface area contributed by atoms with Gasteiger partial charge in [-0.1, -0.05) is 0 Å². The molecule has 2 heteroatoms. The van der Waals surface area contributed by atoms with Crippen LogP contribution in [0, 0.1) is 0 Å². The van der Waals surface area contributed by atoms with Crippen LogP contribution >= 0.6 is 0 Å². The Balaban J connectivity index is 4.58. The van der Waals surface area contributed by atoms with Crippen LogP contribution in [0.15, 0.2) is 0 Å². The van der Waals surface area contributed by atoms with Crippen molar-refractivity contribution in [1.82, 2.24) is 5.32 Å². The lowest BCUT2D eigenvalue weighted by Gasteiger charge is -2.45. The first-order chi connectivity index (χ1) is 5.52. The third kappa shape index (κ3) is 3.65. The quantitative estimate of drug-likeness (QED) is 0.733. The van der Waals surface area contributed by atoms with E-state index in [0.29, 0.717) is 0 Å². The largest absolute Gasteiger partial charge is 0.377 e. The molecule has 0 bridgehead atoms. The fraction of sp³-hybridized carbons (Fsp3) is 1.00. The van der Waals surface area contributed by atoms with Crippen molar-refractivity contribution in [2.45, 2.75) is 65.1 Å². The van der Waals surface area contributed by atoms with Crippen LogP contribution < -0.4 is 5.32 Å². The number of rotatable bonds is 3. The molecule has 0 saturated carbocycles. The fourth-order valence-corrected chi connectivity index (χ4v) is 1.34. The molecule has 0 aliphatic rings. The van der Waals surface area contributed by atoms with Crippen LogP contribution in [0.3, 0.4) is 0 Å². The first-order valence-electron chi connectivity index (χ1n) is 4.86. The third-order valence-electron chi connectivity index (χ3n) is 2.70. The van der Waals surface area contributed by atoms with Gasteiger partial charge in [0.2, 0.25) is 0 Å². The van der Waals surface area contributed by atoms with Gasteiger partial charge < -0.3 is 10.1 Å². The fourth-order valence-electron chi connectivity index (χ4n) is 1.34. The minimum absolute atomic E-state index is 0.0417. The highest BCUT2D eigenvalue weighted by Crippen LogP contribution is 2.26. The van der Waals surface area contributed by atoms with Gasteiger partial charge in [-0.25, -0.2) is 0 Å². The minimum atomic E-state index is -0.166. The van der Waals surface area contributed by atoms with Gasteiger partial charge in [0.05, 0.1) is 5.60 Å². The second kappa shape index (κ2) is 3.58. The maximum Gasteiger partial charge on any atom is 0.0798 e. The van der Waals surface area contributed by atoms with Crippen LogP contribution in [0.25, 0.3) is 0 Å². The Morgan fingerprint density at radius 3 is 1.46 bits per heavy atom. The normalized spacial score (nSPS) is 14.8. The highest BCUT2D eigenvalue weighted by Gasteiger charge is 2.39. The Bertz CT molecular complexity index is 165. The van der Waals surface area contributed by atoms with Gasteiger partial charge in [-0.2, -0.15) is 0 Å². The Kier molecular flexibility index (Phi) is 3.56. The van der Waals surface area contributed by atoms with Crippen molar-refractivity contribution in [3.8, 4) is 0 Å². The van der Waals surface area contributed by atoms with Gasteiger partial charge in [-0.3, -0.25) is 0 Å². The molecule has 0 aliphatic heterocycles. The Morgan fingerprint density at radius 1 is 0.846 bits per heavy atom. The Morgan fingerprint density at radius 2 is 1.23 bits per heavy atom. The molecule has 0 spiro atoms. The predicted molar refractivity (Wildman–Crippen MR) is 58.1 cm³/mol. The van der Waals surface area contributed by atoms with Crippen molar-refractivity contribution in [1.29, 1.82) is 0 Å². The zero-order valence-corrected chi connectivity index (χ0v) is 10.4. The summed E-state index contributed by atoms with van der Waals surface area (Å²) in [5.74, 6) is 0. The molecule has 80 valence electrons. The minimum Gasteiger partial charge on any atom is -0.377 e. The van der Waals surface area contributed by atoms with Crippen molar-refractivity contribution in [2.75, 3.05) is 7.11 Å². The standard InChI is InChI=1S/C11H25NO/c1-9(2,3)12-10(4,5)11(6,7)13-8/h12H,1-8H3. The summed E-state index contributed by atoms with van der Waals surface area (Å²) in [7, 11) is 1.76. The molecule has 0 aromatic carbocycles. The number of hydrogen-bond acceptors (Lipinski definition) is 2. The molecule has 0 unspecified atom stereocenters. The van der Waals surface area contributed by atoms with Crippen LogP contribution in [-0.2, 0) is 4.74 Å². The molecule has 1 N–H and O–H groups in total. The first kappa shape index (κ1) is 12.9. The van der Waals surface area contributed by atoms with E-state index in [1.165, 1.54) is 0 Å². The second-order valence-electron chi connectivity index (χ2n) is 5.71. The molecule has 0 amide bonds. The van der Waals surface area contributed by atoms with E-state index in [9.17, 15) is 0 Å². The zero-order chi connectivity index (χ0) is 10.9. The van der Waals surface area contributed by atoms with Crippen LogP contribution in [-0.4, -0.2) is 23.8 Å². The average molecular weight is 187 g/mol. The van der Waals surface area contributed by atoms with Gasteiger partial charge in [0.25, 0.3) is 0 Å². The van der Waals surface area contributed by atoms with Gasteiger partial charge in [0, 0.05) is 18.2 Å². The maximum atomic E-state index is 5.49. The summed E-state index contributed by atoms with van der Waals surface area (Å²) in [6, 6.07) is 0. The summed E-state index contributed by atoms with van der Waals surface area (Å²) in [6.45, 7) is 15.0. The van der Waals surface area contributed by atoms with E-state index in [4.69, 9.17) is 4.74 Å². The molecule has 13 heavy (non-hydrogen) atoms. The zero-order valence-electron chi connectivity index (χ0n) is 10.4. The van der Waals surface area contributed by atoms with Gasteiger partial charge in [0.15, 0.2) is 0 Å². The SMILES string of the molecule is COC(C)(C)C(C)(C)NC(C)(C)C. The number of ether oxygens (including phenoxy) is 1. The molecule has 0 radical (unpaired) electrons. The average Bonchev–Trinajstić information content (AvgIpc) is 1.81. The molecule has 0 rings (SSSR count). The summed E-state index contributed by atoms with van der Waals surface area (Å²) in [4.78, 5) is 0. The predicted octanol–water partition coefficient (Wildman–Crippen LogP) is 2.58. The van der Waals surface area contributed by atoms with Crippen molar-refractivity contribution >= 4 is 0 Å². The van der Waals surface area contributed by atoms with Gasteiger partial charge in [-0.05, 0) is 48.5 Å². The van der Waals surface area contributed by atoms with Crippen molar-refractivity contribution in [3.63, 3.8) is 0 Å². The van der Waals surface area contributed by atoms with Crippen molar-refractivity contribution < 1.29 is 4.74 Å². The summed E-state index contributed by atoms with van der Waals surface area (Å²) >= 11 is 0. The molecule has 0 aliphatic carbocycles. The monoisotopic (exact) mass is 187 g/mol. The van der Waals surface area contributed by atoms with Crippen molar-refractivity contribution in [3.05, 3.63) is 0 Å². The van der Waals surface area contributed by atoms with E-state index < -0.39 is 0 Å². The molecule has 0 heterocycles. The molecular formula is C11H25NO. The van der Waals surface area contributed by atoms with Crippen LogP contribution in [0.2, 0.25) is 0 Å². The number of nitrogens with one attached hydrogen (secondary N) is 1. The molecule has 0 fully saturated rings. The Labute approximate surface area is 83.1 Å². The van der Waals surface area contributed by atoms with E-state index in [0.717, 1.165) is 0 Å². The topological polar surface area (TPSA) is 21.3 Å².